The van der Waals surface area contributed by atoms with Crippen molar-refractivity contribution >= 4 is 45.7 Å². The van der Waals surface area contributed by atoms with E-state index in [9.17, 15) is 4.79 Å². The molecule has 2 aromatic carbocycles. The third kappa shape index (κ3) is 5.56. The average molecular weight is 432 g/mol. The molecule has 0 spiro atoms. The molecule has 1 atom stereocenters. The van der Waals surface area contributed by atoms with Crippen LogP contribution in [0.5, 0.6) is 0 Å². The third-order valence-electron chi connectivity index (χ3n) is 4.30. The van der Waals surface area contributed by atoms with Crippen molar-refractivity contribution in [2.45, 2.75) is 36.8 Å². The van der Waals surface area contributed by atoms with Crippen LogP contribution in [-0.4, -0.2) is 16.1 Å². The molecule has 1 amide bonds. The molecule has 1 unspecified atom stereocenters. The zero-order chi connectivity index (χ0) is 20.1. The van der Waals surface area contributed by atoms with Gasteiger partial charge in [0.05, 0.1) is 5.92 Å². The van der Waals surface area contributed by atoms with Crippen LogP contribution in [0.2, 0.25) is 5.02 Å². The van der Waals surface area contributed by atoms with Gasteiger partial charge in [-0.2, -0.15) is 0 Å². The molecule has 1 N–H and O–H groups in total. The fourth-order valence-corrected chi connectivity index (χ4v) is 4.68. The van der Waals surface area contributed by atoms with Crippen LogP contribution in [0.3, 0.4) is 0 Å². The van der Waals surface area contributed by atoms with Gasteiger partial charge in [0.1, 0.15) is 0 Å². The van der Waals surface area contributed by atoms with Crippen LogP contribution in [-0.2, 0) is 10.5 Å². The van der Waals surface area contributed by atoms with Gasteiger partial charge in [0.2, 0.25) is 11.0 Å². The standard InChI is InChI=1S/C21H22ClN3OS2/c1-13(2)18(16-8-10-17(22)11-9-16)19(26)23-20-24-25-21(28-20)27-12-15-6-4-14(3)5-7-15/h4-11,13,18H,12H2,1-3H3,(H,23,24,26). The normalized spacial score (nSPS) is 12.2. The van der Waals surface area contributed by atoms with Gasteiger partial charge >= 0.3 is 0 Å². The van der Waals surface area contributed by atoms with E-state index in [2.05, 4.69) is 46.7 Å². The predicted octanol–water partition coefficient (Wildman–Crippen LogP) is 6.17. The Morgan fingerprint density at radius 1 is 1.11 bits per heavy atom. The number of carbonyl (C=O) groups excluding carboxylic acids is 1. The first-order valence-corrected chi connectivity index (χ1v) is 11.2. The van der Waals surface area contributed by atoms with E-state index >= 15 is 0 Å². The van der Waals surface area contributed by atoms with Crippen LogP contribution in [0.25, 0.3) is 0 Å². The van der Waals surface area contributed by atoms with Crippen LogP contribution in [0.1, 0.15) is 36.5 Å². The highest BCUT2D eigenvalue weighted by atomic mass is 35.5. The number of nitrogens with zero attached hydrogens (tertiary/aromatic N) is 2. The number of aryl methyl sites for hydroxylation is 1. The van der Waals surface area contributed by atoms with E-state index in [1.165, 1.54) is 22.5 Å². The Kier molecular flexibility index (Phi) is 7.10. The molecule has 0 aliphatic rings. The largest absolute Gasteiger partial charge is 0.300 e. The number of amides is 1. The number of hydrogen-bond acceptors (Lipinski definition) is 5. The van der Waals surface area contributed by atoms with Gasteiger partial charge in [0, 0.05) is 10.8 Å². The molecule has 0 saturated carbocycles. The third-order valence-corrected chi connectivity index (χ3v) is 6.59. The fourth-order valence-electron chi connectivity index (χ4n) is 2.84. The summed E-state index contributed by atoms with van der Waals surface area (Å²) in [4.78, 5) is 12.8. The second-order valence-corrected chi connectivity index (χ2v) is 9.55. The fraction of sp³-hybridized carbons (Fsp3) is 0.286. The molecular formula is C21H22ClN3OS2. The molecular weight excluding hydrogens is 410 g/mol. The summed E-state index contributed by atoms with van der Waals surface area (Å²) in [6.07, 6.45) is 0. The summed E-state index contributed by atoms with van der Waals surface area (Å²) >= 11 is 8.99. The van der Waals surface area contributed by atoms with Gasteiger partial charge in [0.25, 0.3) is 0 Å². The second-order valence-electron chi connectivity index (χ2n) is 6.91. The molecule has 0 aliphatic carbocycles. The van der Waals surface area contributed by atoms with Crippen LogP contribution in [0.15, 0.2) is 52.9 Å². The van der Waals surface area contributed by atoms with Crippen molar-refractivity contribution in [1.82, 2.24) is 10.2 Å². The number of benzene rings is 2. The number of rotatable bonds is 7. The molecule has 7 heteroatoms. The Balaban J connectivity index is 1.63. The maximum absolute atomic E-state index is 12.8. The SMILES string of the molecule is Cc1ccc(CSc2nnc(NC(=O)C(c3ccc(Cl)cc3)C(C)C)s2)cc1. The van der Waals surface area contributed by atoms with E-state index in [1.807, 2.05) is 38.1 Å². The molecule has 3 rings (SSSR count). The van der Waals surface area contributed by atoms with Gasteiger partial charge in [-0.3, -0.25) is 10.1 Å². The van der Waals surface area contributed by atoms with E-state index in [0.29, 0.717) is 10.2 Å². The van der Waals surface area contributed by atoms with Crippen molar-refractivity contribution in [2.75, 3.05) is 5.32 Å². The second kappa shape index (κ2) is 9.54. The minimum Gasteiger partial charge on any atom is -0.300 e. The molecule has 1 heterocycles. The number of carbonyl (C=O) groups is 1. The van der Waals surface area contributed by atoms with Crippen molar-refractivity contribution in [1.29, 1.82) is 0 Å². The van der Waals surface area contributed by atoms with Gasteiger partial charge < -0.3 is 0 Å². The van der Waals surface area contributed by atoms with E-state index in [0.717, 1.165) is 15.7 Å². The lowest BCUT2D eigenvalue weighted by molar-refractivity contribution is -0.118. The van der Waals surface area contributed by atoms with E-state index in [-0.39, 0.29) is 17.7 Å². The summed E-state index contributed by atoms with van der Waals surface area (Å²) in [5, 5.41) is 12.4. The first-order valence-electron chi connectivity index (χ1n) is 9.00. The average Bonchev–Trinajstić information content (AvgIpc) is 3.10. The predicted molar refractivity (Wildman–Crippen MR) is 118 cm³/mol. The van der Waals surface area contributed by atoms with Crippen molar-refractivity contribution < 1.29 is 4.79 Å². The quantitative estimate of drug-likeness (QED) is 0.359. The monoisotopic (exact) mass is 431 g/mol. The maximum Gasteiger partial charge on any atom is 0.234 e. The van der Waals surface area contributed by atoms with E-state index < -0.39 is 0 Å². The van der Waals surface area contributed by atoms with Gasteiger partial charge in [-0.25, -0.2) is 0 Å². The Morgan fingerprint density at radius 2 is 1.79 bits per heavy atom. The number of aromatic nitrogens is 2. The Labute approximate surface area is 178 Å². The lowest BCUT2D eigenvalue weighted by Crippen LogP contribution is -2.25. The van der Waals surface area contributed by atoms with Gasteiger partial charge in [-0.15, -0.1) is 10.2 Å². The molecule has 0 bridgehead atoms. The van der Waals surface area contributed by atoms with Crippen LogP contribution < -0.4 is 5.32 Å². The summed E-state index contributed by atoms with van der Waals surface area (Å²) in [7, 11) is 0. The highest BCUT2D eigenvalue weighted by Gasteiger charge is 2.25. The smallest absolute Gasteiger partial charge is 0.234 e. The molecule has 4 nitrogen and oxygen atoms in total. The van der Waals surface area contributed by atoms with Crippen molar-refractivity contribution in [3.8, 4) is 0 Å². The molecule has 28 heavy (non-hydrogen) atoms. The first-order chi connectivity index (χ1) is 13.4. The number of nitrogens with one attached hydrogen (secondary N) is 1. The Morgan fingerprint density at radius 3 is 2.43 bits per heavy atom. The minimum absolute atomic E-state index is 0.0800. The van der Waals surface area contributed by atoms with Gasteiger partial charge in [-0.1, -0.05) is 90.5 Å². The van der Waals surface area contributed by atoms with E-state index in [1.54, 1.807) is 11.8 Å². The summed E-state index contributed by atoms with van der Waals surface area (Å²) in [6, 6.07) is 15.9. The van der Waals surface area contributed by atoms with Gasteiger partial charge in [-0.05, 0) is 36.1 Å². The number of thioether (sulfide) groups is 1. The van der Waals surface area contributed by atoms with Crippen LogP contribution >= 0.6 is 34.7 Å². The minimum atomic E-state index is -0.273. The first kappa shape index (κ1) is 20.8. The number of halogens is 1. The van der Waals surface area contributed by atoms with Crippen molar-refractivity contribution in [3.63, 3.8) is 0 Å². The molecule has 0 fully saturated rings. The zero-order valence-corrected chi connectivity index (χ0v) is 18.4. The van der Waals surface area contributed by atoms with Crippen LogP contribution in [0.4, 0.5) is 5.13 Å². The van der Waals surface area contributed by atoms with E-state index in [4.69, 9.17) is 11.6 Å². The Bertz CT molecular complexity index is 924. The number of anilines is 1. The summed E-state index contributed by atoms with van der Waals surface area (Å²) in [5.74, 6) is 0.611. The molecule has 0 aliphatic heterocycles. The maximum atomic E-state index is 12.8. The Hall–Kier alpha value is -1.89. The number of hydrogen-bond donors (Lipinski definition) is 1. The zero-order valence-electron chi connectivity index (χ0n) is 16.0. The summed E-state index contributed by atoms with van der Waals surface area (Å²) < 4.78 is 0.837. The molecule has 1 aromatic heterocycles. The summed E-state index contributed by atoms with van der Waals surface area (Å²) in [6.45, 7) is 6.13. The summed E-state index contributed by atoms with van der Waals surface area (Å²) in [5.41, 5.74) is 3.42. The lowest BCUT2D eigenvalue weighted by atomic mass is 9.88. The molecule has 0 saturated heterocycles. The molecule has 146 valence electrons. The highest BCUT2D eigenvalue weighted by Crippen LogP contribution is 2.31. The topological polar surface area (TPSA) is 54.9 Å². The van der Waals surface area contributed by atoms with Crippen molar-refractivity contribution in [3.05, 3.63) is 70.2 Å². The highest BCUT2D eigenvalue weighted by molar-refractivity contribution is 8.00. The van der Waals surface area contributed by atoms with Crippen LogP contribution in [0, 0.1) is 12.8 Å². The van der Waals surface area contributed by atoms with Gasteiger partial charge in [0.15, 0.2) is 4.34 Å². The van der Waals surface area contributed by atoms with Crippen molar-refractivity contribution in [2.24, 2.45) is 5.92 Å². The molecule has 3 aromatic rings. The molecule has 0 radical (unpaired) electrons. The lowest BCUT2D eigenvalue weighted by Gasteiger charge is -2.20.